The van der Waals surface area contributed by atoms with E-state index in [-0.39, 0.29) is 6.03 Å². The summed E-state index contributed by atoms with van der Waals surface area (Å²) in [6.45, 7) is 1.75. The highest BCUT2D eigenvalue weighted by molar-refractivity contribution is 9.10. The van der Waals surface area contributed by atoms with Crippen molar-refractivity contribution in [3.05, 3.63) is 45.6 Å². The quantitative estimate of drug-likeness (QED) is 0.769. The van der Waals surface area contributed by atoms with Crippen LogP contribution in [0, 0.1) is 0 Å². The van der Waals surface area contributed by atoms with Crippen molar-refractivity contribution >= 4 is 27.9 Å². The van der Waals surface area contributed by atoms with Crippen molar-refractivity contribution in [2.75, 3.05) is 21.2 Å². The number of urea groups is 1. The molecule has 1 aliphatic rings. The topological polar surface area (TPSA) is 49.9 Å². The van der Waals surface area contributed by atoms with Gasteiger partial charge in [0.15, 0.2) is 0 Å². The van der Waals surface area contributed by atoms with Gasteiger partial charge in [0.2, 0.25) is 0 Å². The fourth-order valence-electron chi connectivity index (χ4n) is 2.50. The zero-order valence-corrected chi connectivity index (χ0v) is 14.0. The standard InChI is InChI=1S/C15H17BrN2O3/c1-9-12(14(19)21-4)13(18(3)15(20)17(9)2)10-6-5-7-11(16)8-10/h5-8,13H,1-4H3/t13-/m1/s1. The van der Waals surface area contributed by atoms with Gasteiger partial charge < -0.3 is 14.5 Å². The molecule has 5 nitrogen and oxygen atoms in total. The van der Waals surface area contributed by atoms with Crippen LogP contribution in [0.2, 0.25) is 0 Å². The predicted octanol–water partition coefficient (Wildman–Crippen LogP) is 2.93. The van der Waals surface area contributed by atoms with Crippen molar-refractivity contribution < 1.29 is 14.3 Å². The number of hydrogen-bond acceptors (Lipinski definition) is 3. The van der Waals surface area contributed by atoms with Crippen LogP contribution in [0.25, 0.3) is 0 Å². The molecule has 1 aromatic carbocycles. The molecule has 1 aliphatic heterocycles. The van der Waals surface area contributed by atoms with Gasteiger partial charge in [-0.1, -0.05) is 28.1 Å². The normalized spacial score (nSPS) is 19.1. The number of hydrogen-bond donors (Lipinski definition) is 0. The Kier molecular flexibility index (Phi) is 4.37. The van der Waals surface area contributed by atoms with Gasteiger partial charge in [0.1, 0.15) is 0 Å². The fourth-order valence-corrected chi connectivity index (χ4v) is 2.92. The summed E-state index contributed by atoms with van der Waals surface area (Å²) in [6.07, 6.45) is 0. The van der Waals surface area contributed by atoms with Crippen LogP contribution in [-0.2, 0) is 9.53 Å². The molecule has 2 rings (SSSR count). The Morgan fingerprint density at radius 2 is 2.00 bits per heavy atom. The fraction of sp³-hybridized carbons (Fsp3) is 0.333. The van der Waals surface area contributed by atoms with Crippen LogP contribution >= 0.6 is 15.9 Å². The minimum absolute atomic E-state index is 0.162. The van der Waals surface area contributed by atoms with E-state index in [1.165, 1.54) is 12.0 Å². The summed E-state index contributed by atoms with van der Waals surface area (Å²) in [7, 11) is 4.67. The van der Waals surface area contributed by atoms with Gasteiger partial charge in [-0.05, 0) is 24.6 Å². The first-order chi connectivity index (χ1) is 9.88. The van der Waals surface area contributed by atoms with E-state index in [1.807, 2.05) is 24.3 Å². The van der Waals surface area contributed by atoms with Crippen LogP contribution in [0.3, 0.4) is 0 Å². The average Bonchev–Trinajstić information content (AvgIpc) is 2.47. The highest BCUT2D eigenvalue weighted by Crippen LogP contribution is 2.36. The minimum Gasteiger partial charge on any atom is -0.466 e. The molecule has 1 aromatic rings. The number of amides is 2. The van der Waals surface area contributed by atoms with Crippen molar-refractivity contribution in [1.82, 2.24) is 9.80 Å². The Hall–Kier alpha value is -1.82. The molecule has 0 N–H and O–H groups in total. The first-order valence-electron chi connectivity index (χ1n) is 6.43. The summed E-state index contributed by atoms with van der Waals surface area (Å²) in [5, 5.41) is 0. The zero-order chi connectivity index (χ0) is 15.7. The van der Waals surface area contributed by atoms with Gasteiger partial charge in [-0.25, -0.2) is 9.59 Å². The Labute approximate surface area is 132 Å². The Morgan fingerprint density at radius 1 is 1.33 bits per heavy atom. The highest BCUT2D eigenvalue weighted by atomic mass is 79.9. The van der Waals surface area contributed by atoms with Crippen molar-refractivity contribution in [3.8, 4) is 0 Å². The number of esters is 1. The molecular formula is C15H17BrN2O3. The van der Waals surface area contributed by atoms with Crippen LogP contribution < -0.4 is 0 Å². The lowest BCUT2D eigenvalue weighted by molar-refractivity contribution is -0.137. The van der Waals surface area contributed by atoms with Crippen molar-refractivity contribution in [3.63, 3.8) is 0 Å². The number of allylic oxidation sites excluding steroid dienone is 1. The van der Waals surface area contributed by atoms with Crippen LogP contribution in [0.4, 0.5) is 4.79 Å². The van der Waals surface area contributed by atoms with Gasteiger partial charge in [0.25, 0.3) is 0 Å². The molecular weight excluding hydrogens is 336 g/mol. The number of carbonyl (C=O) groups excluding carboxylic acids is 2. The van der Waals surface area contributed by atoms with Gasteiger partial charge in [0.05, 0.1) is 18.7 Å². The number of carbonyl (C=O) groups is 2. The molecule has 0 aromatic heterocycles. The minimum atomic E-state index is -0.460. The van der Waals surface area contributed by atoms with Gasteiger partial charge in [-0.3, -0.25) is 0 Å². The number of rotatable bonds is 2. The Morgan fingerprint density at radius 3 is 2.57 bits per heavy atom. The number of halogens is 1. The van der Waals surface area contributed by atoms with Crippen molar-refractivity contribution in [2.24, 2.45) is 0 Å². The maximum Gasteiger partial charge on any atom is 0.337 e. The van der Waals surface area contributed by atoms with Gasteiger partial charge in [-0.2, -0.15) is 0 Å². The van der Waals surface area contributed by atoms with Crippen LogP contribution in [0.1, 0.15) is 18.5 Å². The molecule has 112 valence electrons. The van der Waals surface area contributed by atoms with Gasteiger partial charge in [0, 0.05) is 24.3 Å². The molecule has 0 radical (unpaired) electrons. The maximum atomic E-state index is 12.3. The first kappa shape index (κ1) is 15.6. The molecule has 0 fully saturated rings. The highest BCUT2D eigenvalue weighted by Gasteiger charge is 2.38. The van der Waals surface area contributed by atoms with Crippen LogP contribution in [-0.4, -0.2) is 43.0 Å². The summed E-state index contributed by atoms with van der Waals surface area (Å²) in [4.78, 5) is 27.5. The molecule has 0 bridgehead atoms. The SMILES string of the molecule is COC(=O)C1=C(C)N(C)C(=O)N(C)[C@@H]1c1cccc(Br)c1. The van der Waals surface area contributed by atoms with E-state index in [1.54, 1.807) is 25.9 Å². The second kappa shape index (κ2) is 5.89. The second-order valence-electron chi connectivity index (χ2n) is 4.90. The Bertz CT molecular complexity index is 627. The van der Waals surface area contributed by atoms with E-state index in [4.69, 9.17) is 4.74 Å². The largest absolute Gasteiger partial charge is 0.466 e. The maximum absolute atomic E-state index is 12.3. The summed E-state index contributed by atoms with van der Waals surface area (Å²) in [5.74, 6) is -0.427. The molecule has 1 atom stereocenters. The molecule has 1 heterocycles. The average molecular weight is 353 g/mol. The second-order valence-corrected chi connectivity index (χ2v) is 5.82. The van der Waals surface area contributed by atoms with E-state index in [0.717, 1.165) is 10.0 Å². The monoisotopic (exact) mass is 352 g/mol. The number of nitrogens with zero attached hydrogens (tertiary/aromatic N) is 2. The molecule has 2 amide bonds. The lowest BCUT2D eigenvalue weighted by atomic mass is 9.94. The predicted molar refractivity (Wildman–Crippen MR) is 82.5 cm³/mol. The molecule has 0 aliphatic carbocycles. The lowest BCUT2D eigenvalue weighted by Gasteiger charge is -2.39. The van der Waals surface area contributed by atoms with Gasteiger partial charge in [-0.15, -0.1) is 0 Å². The van der Waals surface area contributed by atoms with E-state index in [2.05, 4.69) is 15.9 Å². The smallest absolute Gasteiger partial charge is 0.337 e. The summed E-state index contributed by atoms with van der Waals surface area (Å²) in [5.41, 5.74) is 1.93. The lowest BCUT2D eigenvalue weighted by Crippen LogP contribution is -2.47. The number of benzene rings is 1. The third-order valence-electron chi connectivity index (χ3n) is 3.71. The van der Waals surface area contributed by atoms with Gasteiger partial charge >= 0.3 is 12.0 Å². The van der Waals surface area contributed by atoms with E-state index in [9.17, 15) is 9.59 Å². The summed E-state index contributed by atoms with van der Waals surface area (Å²) >= 11 is 3.42. The van der Waals surface area contributed by atoms with Crippen molar-refractivity contribution in [2.45, 2.75) is 13.0 Å². The van der Waals surface area contributed by atoms with E-state index >= 15 is 0 Å². The molecule has 0 saturated carbocycles. The first-order valence-corrected chi connectivity index (χ1v) is 7.22. The summed E-state index contributed by atoms with van der Waals surface area (Å²) < 4.78 is 5.79. The molecule has 6 heteroatoms. The third kappa shape index (κ3) is 2.68. The van der Waals surface area contributed by atoms with E-state index in [0.29, 0.717) is 11.3 Å². The van der Waals surface area contributed by atoms with Crippen LogP contribution in [0.5, 0.6) is 0 Å². The number of ether oxygens (including phenoxy) is 1. The molecule has 0 saturated heterocycles. The van der Waals surface area contributed by atoms with E-state index < -0.39 is 12.0 Å². The number of likely N-dealkylation sites (N-methyl/N-ethyl adjacent to an activating group) is 1. The molecule has 21 heavy (non-hydrogen) atoms. The zero-order valence-electron chi connectivity index (χ0n) is 12.4. The summed E-state index contributed by atoms with van der Waals surface area (Å²) in [6, 6.07) is 6.94. The molecule has 0 spiro atoms. The third-order valence-corrected chi connectivity index (χ3v) is 4.21. The number of methoxy groups -OCH3 is 1. The van der Waals surface area contributed by atoms with Crippen LogP contribution in [0.15, 0.2) is 40.0 Å². The molecule has 0 unspecified atom stereocenters. The van der Waals surface area contributed by atoms with Crippen molar-refractivity contribution in [1.29, 1.82) is 0 Å². The Balaban J connectivity index is 2.64.